The fourth-order valence-corrected chi connectivity index (χ4v) is 1.63. The first-order chi connectivity index (χ1) is 9.65. The second-order valence-corrected chi connectivity index (χ2v) is 4.48. The number of carbonyl (C=O) groups excluding carboxylic acids is 1. The smallest absolute Gasteiger partial charge is 0.269 e. The van der Waals surface area contributed by atoms with Crippen molar-refractivity contribution in [2.24, 2.45) is 0 Å². The molecule has 0 unspecified atom stereocenters. The number of hydrogen-bond donors (Lipinski definition) is 2. The van der Waals surface area contributed by atoms with Crippen molar-refractivity contribution in [3.05, 3.63) is 29.3 Å². The highest BCUT2D eigenvalue weighted by Crippen LogP contribution is 2.16. The van der Waals surface area contributed by atoms with Crippen LogP contribution >= 0.6 is 0 Å². The first-order valence-electron chi connectivity index (χ1n) is 6.38. The van der Waals surface area contributed by atoms with E-state index in [9.17, 15) is 4.79 Å². The third kappa shape index (κ3) is 4.04. The molecule has 0 saturated heterocycles. The molecule has 0 atom stereocenters. The minimum atomic E-state index is -0.157. The predicted molar refractivity (Wildman–Crippen MR) is 73.5 cm³/mol. The van der Waals surface area contributed by atoms with Gasteiger partial charge in [-0.3, -0.25) is 10.1 Å². The zero-order valence-electron chi connectivity index (χ0n) is 11.5. The number of nitrogens with zero attached hydrogens (tertiary/aromatic N) is 3. The Morgan fingerprint density at radius 1 is 1.35 bits per heavy atom. The third-order valence-corrected chi connectivity index (χ3v) is 2.89. The Bertz CT molecular complexity index is 568. The lowest BCUT2D eigenvalue weighted by Crippen LogP contribution is -2.13. The molecule has 1 aromatic heterocycles. The average molecular weight is 275 g/mol. The van der Waals surface area contributed by atoms with Crippen molar-refractivity contribution >= 4 is 11.9 Å². The summed E-state index contributed by atoms with van der Waals surface area (Å²) >= 11 is 0. The Kier molecular flexibility index (Phi) is 4.65. The maximum Gasteiger partial charge on any atom is 0.269 e. The van der Waals surface area contributed by atoms with Gasteiger partial charge in [-0.25, -0.2) is 0 Å². The first-order valence-corrected chi connectivity index (χ1v) is 6.38. The van der Waals surface area contributed by atoms with E-state index in [1.54, 1.807) is 0 Å². The molecule has 106 valence electrons. The SMILES string of the molecule is Cc1ccc(OCCCC(=O)Nc2nn[nH]n2)cc1C. The highest BCUT2D eigenvalue weighted by molar-refractivity contribution is 5.88. The number of anilines is 1. The summed E-state index contributed by atoms with van der Waals surface area (Å²) in [6, 6.07) is 5.95. The Balaban J connectivity index is 1.68. The number of carbonyl (C=O) groups is 1. The van der Waals surface area contributed by atoms with Gasteiger partial charge in [0.25, 0.3) is 5.95 Å². The van der Waals surface area contributed by atoms with Crippen LogP contribution in [0.15, 0.2) is 18.2 Å². The van der Waals surface area contributed by atoms with E-state index in [2.05, 4.69) is 32.9 Å². The van der Waals surface area contributed by atoms with Gasteiger partial charge in [-0.1, -0.05) is 11.2 Å². The lowest BCUT2D eigenvalue weighted by atomic mass is 10.1. The van der Waals surface area contributed by atoms with Gasteiger partial charge in [0, 0.05) is 6.42 Å². The summed E-state index contributed by atoms with van der Waals surface area (Å²) in [7, 11) is 0. The molecule has 0 spiro atoms. The van der Waals surface area contributed by atoms with Gasteiger partial charge in [0.05, 0.1) is 6.61 Å². The van der Waals surface area contributed by atoms with Crippen molar-refractivity contribution in [3.63, 3.8) is 0 Å². The molecule has 1 aromatic carbocycles. The summed E-state index contributed by atoms with van der Waals surface area (Å²) in [5.41, 5.74) is 2.43. The van der Waals surface area contributed by atoms with Crippen LogP contribution in [0.25, 0.3) is 0 Å². The fourth-order valence-electron chi connectivity index (χ4n) is 1.63. The van der Waals surface area contributed by atoms with E-state index in [1.165, 1.54) is 11.1 Å². The second kappa shape index (κ2) is 6.65. The monoisotopic (exact) mass is 275 g/mol. The molecule has 0 aliphatic carbocycles. The normalized spacial score (nSPS) is 10.3. The second-order valence-electron chi connectivity index (χ2n) is 4.48. The minimum Gasteiger partial charge on any atom is -0.494 e. The maximum absolute atomic E-state index is 11.5. The number of aromatic nitrogens is 4. The molecular weight excluding hydrogens is 258 g/mol. The molecule has 1 heterocycles. The summed E-state index contributed by atoms with van der Waals surface area (Å²) in [6.45, 7) is 4.59. The molecule has 0 saturated carbocycles. The Morgan fingerprint density at radius 3 is 2.90 bits per heavy atom. The van der Waals surface area contributed by atoms with Crippen LogP contribution in [0.3, 0.4) is 0 Å². The van der Waals surface area contributed by atoms with Crippen LogP contribution in [0.1, 0.15) is 24.0 Å². The van der Waals surface area contributed by atoms with Crippen molar-refractivity contribution in [2.75, 3.05) is 11.9 Å². The van der Waals surface area contributed by atoms with Gasteiger partial charge in [0.1, 0.15) is 5.75 Å². The number of ether oxygens (including phenoxy) is 1. The highest BCUT2D eigenvalue weighted by atomic mass is 16.5. The number of benzene rings is 1. The van der Waals surface area contributed by atoms with Crippen LogP contribution in [0.4, 0.5) is 5.95 Å². The molecule has 2 rings (SSSR count). The zero-order valence-corrected chi connectivity index (χ0v) is 11.5. The largest absolute Gasteiger partial charge is 0.494 e. The van der Waals surface area contributed by atoms with Crippen LogP contribution < -0.4 is 10.1 Å². The lowest BCUT2D eigenvalue weighted by Gasteiger charge is -2.08. The molecular formula is C13H17N5O2. The number of amides is 1. The first kappa shape index (κ1) is 14.0. The van der Waals surface area contributed by atoms with Crippen molar-refractivity contribution in [3.8, 4) is 5.75 Å². The molecule has 0 aliphatic heterocycles. The molecule has 7 heteroatoms. The number of H-pyrrole nitrogens is 1. The molecule has 0 aliphatic rings. The van der Waals surface area contributed by atoms with Crippen molar-refractivity contribution in [1.29, 1.82) is 0 Å². The summed E-state index contributed by atoms with van der Waals surface area (Å²) < 4.78 is 5.60. The number of tetrazole rings is 1. The van der Waals surface area contributed by atoms with Gasteiger partial charge in [-0.05, 0) is 48.7 Å². The van der Waals surface area contributed by atoms with Crippen LogP contribution in [-0.2, 0) is 4.79 Å². The van der Waals surface area contributed by atoms with E-state index >= 15 is 0 Å². The van der Waals surface area contributed by atoms with Crippen LogP contribution in [-0.4, -0.2) is 33.1 Å². The van der Waals surface area contributed by atoms with Crippen LogP contribution in [0, 0.1) is 13.8 Å². The van der Waals surface area contributed by atoms with Gasteiger partial charge < -0.3 is 4.74 Å². The van der Waals surface area contributed by atoms with Gasteiger partial charge in [0.2, 0.25) is 5.91 Å². The summed E-state index contributed by atoms with van der Waals surface area (Å²) in [6.07, 6.45) is 0.968. The number of aryl methyl sites for hydroxylation is 2. The van der Waals surface area contributed by atoms with E-state index < -0.39 is 0 Å². The minimum absolute atomic E-state index is 0.157. The zero-order chi connectivity index (χ0) is 14.4. The topological polar surface area (TPSA) is 92.8 Å². The van der Waals surface area contributed by atoms with Crippen LogP contribution in [0.2, 0.25) is 0 Å². The Morgan fingerprint density at radius 2 is 2.20 bits per heavy atom. The van der Waals surface area contributed by atoms with E-state index in [1.807, 2.05) is 25.1 Å². The van der Waals surface area contributed by atoms with E-state index in [0.717, 1.165) is 5.75 Å². The molecule has 2 N–H and O–H groups in total. The standard InChI is InChI=1S/C13H17N5O2/c1-9-5-6-11(8-10(9)2)20-7-3-4-12(19)14-13-15-17-18-16-13/h5-6,8H,3-4,7H2,1-2H3,(H2,14,15,16,17,18,19). The number of rotatable bonds is 6. The fraction of sp³-hybridized carbons (Fsp3) is 0.385. The van der Waals surface area contributed by atoms with E-state index in [-0.39, 0.29) is 11.9 Å². The maximum atomic E-state index is 11.5. The van der Waals surface area contributed by atoms with Gasteiger partial charge in [-0.2, -0.15) is 5.21 Å². The third-order valence-electron chi connectivity index (χ3n) is 2.89. The molecule has 0 radical (unpaired) electrons. The quantitative estimate of drug-likeness (QED) is 0.781. The summed E-state index contributed by atoms with van der Waals surface area (Å²) in [5, 5.41) is 15.4. The molecule has 0 bridgehead atoms. The number of nitrogens with one attached hydrogen (secondary N) is 2. The van der Waals surface area contributed by atoms with Gasteiger partial charge >= 0.3 is 0 Å². The molecule has 7 nitrogen and oxygen atoms in total. The Hall–Kier alpha value is -2.44. The molecule has 1 amide bonds. The van der Waals surface area contributed by atoms with Crippen LogP contribution in [0.5, 0.6) is 5.75 Å². The van der Waals surface area contributed by atoms with Crippen molar-refractivity contribution in [2.45, 2.75) is 26.7 Å². The average Bonchev–Trinajstić information content (AvgIpc) is 2.91. The van der Waals surface area contributed by atoms with Crippen molar-refractivity contribution < 1.29 is 9.53 Å². The van der Waals surface area contributed by atoms with Gasteiger partial charge in [-0.15, -0.1) is 5.10 Å². The van der Waals surface area contributed by atoms with Gasteiger partial charge in [0.15, 0.2) is 0 Å². The lowest BCUT2D eigenvalue weighted by molar-refractivity contribution is -0.116. The summed E-state index contributed by atoms with van der Waals surface area (Å²) in [4.78, 5) is 11.5. The number of hydrogen-bond acceptors (Lipinski definition) is 5. The van der Waals surface area contributed by atoms with E-state index in [4.69, 9.17) is 4.74 Å². The number of aromatic amines is 1. The highest BCUT2D eigenvalue weighted by Gasteiger charge is 2.05. The van der Waals surface area contributed by atoms with Crippen molar-refractivity contribution in [1.82, 2.24) is 20.6 Å². The van der Waals surface area contributed by atoms with E-state index in [0.29, 0.717) is 19.4 Å². The molecule has 20 heavy (non-hydrogen) atoms. The summed E-state index contributed by atoms with van der Waals surface area (Å²) in [5.74, 6) is 0.854. The molecule has 2 aromatic rings. The molecule has 0 fully saturated rings. The Labute approximate surface area is 116 Å². The predicted octanol–water partition coefficient (Wildman–Crippen LogP) is 1.61.